The highest BCUT2D eigenvalue weighted by atomic mass is 35.5. The topological polar surface area (TPSA) is 47.9 Å². The van der Waals surface area contributed by atoms with Crippen LogP contribution in [0.1, 0.15) is 65.0 Å². The first-order chi connectivity index (χ1) is 15.5. The summed E-state index contributed by atoms with van der Waals surface area (Å²) in [6.07, 6.45) is 2.52. The van der Waals surface area contributed by atoms with Gasteiger partial charge in [-0.25, -0.2) is 0 Å². The number of rotatable bonds is 14. The Morgan fingerprint density at radius 2 is 1.31 bits per heavy atom. The van der Waals surface area contributed by atoms with Crippen molar-refractivity contribution >= 4 is 11.6 Å². The van der Waals surface area contributed by atoms with E-state index in [4.69, 9.17) is 25.8 Å². The molecule has 0 bridgehead atoms. The molecule has 0 radical (unpaired) electrons. The van der Waals surface area contributed by atoms with E-state index < -0.39 is 6.10 Å². The van der Waals surface area contributed by atoms with E-state index >= 15 is 0 Å². The smallest absolute Gasteiger partial charge is 0.119 e. The zero-order chi connectivity index (χ0) is 23.8. The van der Waals surface area contributed by atoms with Gasteiger partial charge in [-0.3, -0.25) is 0 Å². The maximum Gasteiger partial charge on any atom is 0.119 e. The summed E-state index contributed by atoms with van der Waals surface area (Å²) in [5.41, 5.74) is 2.24. The number of hydrogen-bond donors (Lipinski definition) is 1. The molecule has 4 nitrogen and oxygen atoms in total. The van der Waals surface area contributed by atoms with Crippen molar-refractivity contribution in [3.63, 3.8) is 0 Å². The Labute approximate surface area is 199 Å². The van der Waals surface area contributed by atoms with Crippen LogP contribution in [-0.2, 0) is 10.2 Å². The molecule has 1 unspecified atom stereocenters. The minimum absolute atomic E-state index is 0.153. The summed E-state index contributed by atoms with van der Waals surface area (Å²) in [5, 5.41) is 9.51. The van der Waals surface area contributed by atoms with E-state index in [1.54, 1.807) is 0 Å². The lowest BCUT2D eigenvalue weighted by molar-refractivity contribution is 0.117. The zero-order valence-corrected chi connectivity index (χ0v) is 21.2. The number of benzene rings is 2. The van der Waals surface area contributed by atoms with Crippen LogP contribution in [0.15, 0.2) is 48.5 Å². The summed E-state index contributed by atoms with van der Waals surface area (Å²) < 4.78 is 17.0. The summed E-state index contributed by atoms with van der Waals surface area (Å²) in [7, 11) is 0. The molecule has 2 rings (SSSR count). The molecule has 0 aliphatic rings. The SMILES string of the molecule is CC.CCCCOCCCOc1ccc(C(C)(C)c2ccc(OCC(O)CCl)cc2)cc1. The molecule has 32 heavy (non-hydrogen) atoms. The number of aliphatic hydroxyl groups excluding tert-OH is 1. The van der Waals surface area contributed by atoms with Gasteiger partial charge in [0.1, 0.15) is 24.2 Å². The molecule has 2 aromatic rings. The molecule has 0 fully saturated rings. The molecule has 0 spiro atoms. The van der Waals surface area contributed by atoms with Crippen molar-refractivity contribution in [2.24, 2.45) is 0 Å². The molecular formula is C27H41ClO4. The van der Waals surface area contributed by atoms with Crippen LogP contribution >= 0.6 is 11.6 Å². The van der Waals surface area contributed by atoms with Gasteiger partial charge in [-0.05, 0) is 41.8 Å². The van der Waals surface area contributed by atoms with E-state index in [2.05, 4.69) is 45.0 Å². The molecule has 0 saturated carbocycles. The molecule has 0 heterocycles. The second-order valence-corrected chi connectivity index (χ2v) is 8.27. The lowest BCUT2D eigenvalue weighted by Gasteiger charge is -2.26. The van der Waals surface area contributed by atoms with Crippen molar-refractivity contribution in [3.05, 3.63) is 59.7 Å². The molecule has 0 aliphatic heterocycles. The molecule has 2 aromatic carbocycles. The van der Waals surface area contributed by atoms with Gasteiger partial charge in [0.2, 0.25) is 0 Å². The van der Waals surface area contributed by atoms with Crippen LogP contribution < -0.4 is 9.47 Å². The number of ether oxygens (including phenoxy) is 3. The lowest BCUT2D eigenvalue weighted by atomic mass is 9.78. The van der Waals surface area contributed by atoms with E-state index in [1.807, 2.05) is 38.1 Å². The zero-order valence-electron chi connectivity index (χ0n) is 20.4. The van der Waals surface area contributed by atoms with Crippen molar-refractivity contribution in [2.75, 3.05) is 32.3 Å². The highest BCUT2D eigenvalue weighted by Gasteiger charge is 2.23. The first-order valence-electron chi connectivity index (χ1n) is 11.8. The number of hydrogen-bond acceptors (Lipinski definition) is 4. The molecule has 5 heteroatoms. The second-order valence-electron chi connectivity index (χ2n) is 7.96. The third-order valence-electron chi connectivity index (χ3n) is 5.12. The van der Waals surface area contributed by atoms with E-state index in [0.29, 0.717) is 6.61 Å². The van der Waals surface area contributed by atoms with Crippen molar-refractivity contribution in [1.29, 1.82) is 0 Å². The van der Waals surface area contributed by atoms with Crippen molar-refractivity contribution < 1.29 is 19.3 Å². The summed E-state index contributed by atoms with van der Waals surface area (Å²) in [6, 6.07) is 16.3. The normalized spacial score (nSPS) is 12.0. The fourth-order valence-electron chi connectivity index (χ4n) is 3.04. The van der Waals surface area contributed by atoms with Gasteiger partial charge < -0.3 is 19.3 Å². The van der Waals surface area contributed by atoms with Crippen LogP contribution in [-0.4, -0.2) is 43.5 Å². The molecule has 1 atom stereocenters. The Hall–Kier alpha value is -1.75. The Morgan fingerprint density at radius 3 is 1.81 bits per heavy atom. The summed E-state index contributed by atoms with van der Waals surface area (Å²) in [5.74, 6) is 1.77. The fraction of sp³-hybridized carbons (Fsp3) is 0.556. The summed E-state index contributed by atoms with van der Waals surface area (Å²) in [4.78, 5) is 0. The molecular weight excluding hydrogens is 424 g/mol. The van der Waals surface area contributed by atoms with Gasteiger partial charge in [-0.2, -0.15) is 0 Å². The van der Waals surface area contributed by atoms with Gasteiger partial charge in [0, 0.05) is 25.0 Å². The quantitative estimate of drug-likeness (QED) is 0.252. The summed E-state index contributed by atoms with van der Waals surface area (Å²) >= 11 is 5.60. The Morgan fingerprint density at radius 1 is 0.812 bits per heavy atom. The number of alkyl halides is 1. The first kappa shape index (κ1) is 28.3. The molecule has 1 N–H and O–H groups in total. The highest BCUT2D eigenvalue weighted by Crippen LogP contribution is 2.33. The fourth-order valence-corrected chi connectivity index (χ4v) is 3.13. The average molecular weight is 465 g/mol. The minimum Gasteiger partial charge on any atom is -0.494 e. The van der Waals surface area contributed by atoms with Gasteiger partial charge >= 0.3 is 0 Å². The highest BCUT2D eigenvalue weighted by molar-refractivity contribution is 6.18. The first-order valence-corrected chi connectivity index (χ1v) is 12.3. The van der Waals surface area contributed by atoms with E-state index in [1.165, 1.54) is 11.1 Å². The third kappa shape index (κ3) is 9.81. The van der Waals surface area contributed by atoms with Crippen LogP contribution in [0.4, 0.5) is 0 Å². The van der Waals surface area contributed by atoms with Crippen molar-refractivity contribution in [2.45, 2.75) is 65.4 Å². The second kappa shape index (κ2) is 16.0. The van der Waals surface area contributed by atoms with Crippen molar-refractivity contribution in [3.8, 4) is 11.5 Å². The number of halogens is 1. The van der Waals surface area contributed by atoms with Gasteiger partial charge in [-0.15, -0.1) is 11.6 Å². The lowest BCUT2D eigenvalue weighted by Crippen LogP contribution is -2.20. The number of unbranched alkanes of at least 4 members (excludes halogenated alkanes) is 1. The average Bonchev–Trinajstić information content (AvgIpc) is 2.83. The Kier molecular flexibility index (Phi) is 14.1. The largest absolute Gasteiger partial charge is 0.494 e. The molecule has 180 valence electrons. The van der Waals surface area contributed by atoms with Gasteiger partial charge in [0.25, 0.3) is 0 Å². The molecule has 0 aromatic heterocycles. The van der Waals surface area contributed by atoms with Crippen LogP contribution in [0.25, 0.3) is 0 Å². The van der Waals surface area contributed by atoms with E-state index in [0.717, 1.165) is 44.0 Å². The van der Waals surface area contributed by atoms with Crippen LogP contribution in [0.5, 0.6) is 11.5 Å². The summed E-state index contributed by atoms with van der Waals surface area (Å²) in [6.45, 7) is 13.0. The van der Waals surface area contributed by atoms with Crippen LogP contribution in [0, 0.1) is 0 Å². The van der Waals surface area contributed by atoms with E-state index in [-0.39, 0.29) is 17.9 Å². The van der Waals surface area contributed by atoms with Crippen molar-refractivity contribution in [1.82, 2.24) is 0 Å². The van der Waals surface area contributed by atoms with Crippen LogP contribution in [0.2, 0.25) is 0 Å². The molecule has 0 saturated heterocycles. The standard InChI is InChI=1S/C25H35ClO4.C2H6/c1-4-5-15-28-16-6-17-29-23-11-7-20(8-12-23)25(2,3)21-9-13-24(14-10-21)30-19-22(27)18-26;1-2/h7-14,22,27H,4-6,15-19H2,1-3H3;1-2H3. The molecule has 0 amide bonds. The van der Waals surface area contributed by atoms with Gasteiger partial charge in [0.05, 0.1) is 12.5 Å². The van der Waals surface area contributed by atoms with E-state index in [9.17, 15) is 5.11 Å². The molecule has 0 aliphatic carbocycles. The maximum absolute atomic E-state index is 9.51. The monoisotopic (exact) mass is 464 g/mol. The number of aliphatic hydroxyl groups is 1. The predicted molar refractivity (Wildman–Crippen MR) is 134 cm³/mol. The Balaban J connectivity index is 0.00000249. The minimum atomic E-state index is -0.655. The maximum atomic E-state index is 9.51. The van der Waals surface area contributed by atoms with Crippen LogP contribution in [0.3, 0.4) is 0 Å². The predicted octanol–water partition coefficient (Wildman–Crippen LogP) is 6.60. The third-order valence-corrected chi connectivity index (χ3v) is 5.47. The van der Waals surface area contributed by atoms with Gasteiger partial charge in [-0.1, -0.05) is 65.3 Å². The van der Waals surface area contributed by atoms with Gasteiger partial charge in [0.15, 0.2) is 0 Å². The Bertz CT molecular complexity index is 713.